The molecule has 0 fully saturated rings. The van der Waals surface area contributed by atoms with Crippen LogP contribution in [0.25, 0.3) is 22.2 Å². The van der Waals surface area contributed by atoms with Gasteiger partial charge in [-0.25, -0.2) is 13.1 Å². The average Bonchev–Trinajstić information content (AvgIpc) is 2.92. The number of pyridine rings is 1. The number of nitrogens with two attached hydrogens (primary N) is 1. The van der Waals surface area contributed by atoms with Crippen LogP contribution in [0.3, 0.4) is 0 Å². The molecule has 0 amide bonds. The zero-order chi connectivity index (χ0) is 19.6. The highest BCUT2D eigenvalue weighted by molar-refractivity contribution is 7.89. The molecule has 0 unspecified atom stereocenters. The Kier molecular flexibility index (Phi) is 5.48. The predicted molar refractivity (Wildman–Crippen MR) is 106 cm³/mol. The summed E-state index contributed by atoms with van der Waals surface area (Å²) in [5.41, 5.74) is 8.76. The van der Waals surface area contributed by atoms with Crippen LogP contribution in [0.2, 0.25) is 5.02 Å². The molecule has 9 heteroatoms. The first-order valence-electron chi connectivity index (χ1n) is 8.16. The number of halogens is 1. The minimum Gasteiger partial charge on any atom is -0.342 e. The van der Waals surface area contributed by atoms with Crippen LogP contribution in [0.5, 0.6) is 0 Å². The number of nitrogens with zero attached hydrogens (tertiary/aromatic N) is 3. The van der Waals surface area contributed by atoms with Crippen LogP contribution >= 0.6 is 11.6 Å². The number of aromatic nitrogens is 2. The van der Waals surface area contributed by atoms with E-state index in [2.05, 4.69) is 15.8 Å². The smallest absolute Gasteiger partial charge is 0.213 e. The van der Waals surface area contributed by atoms with E-state index in [1.165, 1.54) is 0 Å². The van der Waals surface area contributed by atoms with Crippen molar-refractivity contribution in [2.75, 3.05) is 12.3 Å². The normalized spacial score (nSPS) is 11.6. The summed E-state index contributed by atoms with van der Waals surface area (Å²) in [6, 6.07) is 9.43. The molecular formula is C18H18ClN5O2S. The third-order valence-corrected chi connectivity index (χ3v) is 5.82. The van der Waals surface area contributed by atoms with Gasteiger partial charge in [-0.2, -0.15) is 5.26 Å². The maximum atomic E-state index is 11.8. The van der Waals surface area contributed by atoms with E-state index in [4.69, 9.17) is 17.3 Å². The number of hydrogen-bond acceptors (Lipinski definition) is 5. The van der Waals surface area contributed by atoms with Crippen molar-refractivity contribution in [3.63, 3.8) is 0 Å². The van der Waals surface area contributed by atoms with Gasteiger partial charge in [0, 0.05) is 48.5 Å². The summed E-state index contributed by atoms with van der Waals surface area (Å²) in [5.74, 6) is -0.136. The van der Waals surface area contributed by atoms with E-state index in [1.54, 1.807) is 24.5 Å². The van der Waals surface area contributed by atoms with Crippen molar-refractivity contribution >= 4 is 32.5 Å². The second-order valence-corrected chi connectivity index (χ2v) is 8.43. The van der Waals surface area contributed by atoms with E-state index in [9.17, 15) is 13.7 Å². The summed E-state index contributed by atoms with van der Waals surface area (Å²) in [7, 11) is -1.58. The summed E-state index contributed by atoms with van der Waals surface area (Å²) in [6.45, 7) is 0.151. The molecule has 0 bridgehead atoms. The fraction of sp³-hybridized carbons (Fsp3) is 0.222. The Labute approximate surface area is 162 Å². The van der Waals surface area contributed by atoms with Gasteiger partial charge in [0.05, 0.1) is 22.5 Å². The molecule has 0 atom stereocenters. The molecule has 0 aliphatic carbocycles. The topological polar surface area (TPSA) is 114 Å². The van der Waals surface area contributed by atoms with Crippen LogP contribution in [0.15, 0.2) is 36.7 Å². The monoisotopic (exact) mass is 403 g/mol. The summed E-state index contributed by atoms with van der Waals surface area (Å²) in [4.78, 5) is 4.20. The molecule has 3 rings (SSSR count). The summed E-state index contributed by atoms with van der Waals surface area (Å²) in [6.07, 6.45) is 3.23. The summed E-state index contributed by atoms with van der Waals surface area (Å²) >= 11 is 6.09. The first kappa shape index (κ1) is 19.3. The van der Waals surface area contributed by atoms with Crippen LogP contribution < -0.4 is 10.5 Å². The highest BCUT2D eigenvalue weighted by Crippen LogP contribution is 2.33. The first-order chi connectivity index (χ1) is 12.9. The average molecular weight is 404 g/mol. The molecule has 140 valence electrons. The predicted octanol–water partition coefficient (Wildman–Crippen LogP) is 2.14. The summed E-state index contributed by atoms with van der Waals surface area (Å²) < 4.78 is 28.0. The van der Waals surface area contributed by atoms with Crippen molar-refractivity contribution in [2.24, 2.45) is 12.8 Å². The lowest BCUT2D eigenvalue weighted by molar-refractivity contribution is 0.581. The van der Waals surface area contributed by atoms with E-state index in [0.29, 0.717) is 21.8 Å². The van der Waals surface area contributed by atoms with Crippen LogP contribution in [-0.2, 0) is 23.6 Å². The maximum Gasteiger partial charge on any atom is 0.213 e. The van der Waals surface area contributed by atoms with Crippen molar-refractivity contribution in [3.8, 4) is 17.3 Å². The molecule has 3 aromatic rings. The van der Waals surface area contributed by atoms with E-state index >= 15 is 0 Å². The third kappa shape index (κ3) is 3.96. The van der Waals surface area contributed by atoms with Crippen LogP contribution in [0.1, 0.15) is 11.1 Å². The van der Waals surface area contributed by atoms with Crippen molar-refractivity contribution in [3.05, 3.63) is 52.8 Å². The molecular weight excluding hydrogens is 386 g/mol. The second kappa shape index (κ2) is 7.66. The Morgan fingerprint density at radius 1 is 1.33 bits per heavy atom. The molecule has 3 N–H and O–H groups in total. The SMILES string of the molecule is Cn1c(-c2cncc(CNS(=O)(=O)CCN)c2)c(C#N)c2ccc(Cl)cc21. The van der Waals surface area contributed by atoms with Gasteiger partial charge in [-0.05, 0) is 29.8 Å². The molecule has 1 aromatic carbocycles. The van der Waals surface area contributed by atoms with E-state index in [1.807, 2.05) is 23.7 Å². The van der Waals surface area contributed by atoms with Crippen molar-refractivity contribution < 1.29 is 8.42 Å². The fourth-order valence-corrected chi connectivity index (χ4v) is 4.00. The van der Waals surface area contributed by atoms with Gasteiger partial charge in [0.25, 0.3) is 0 Å². The van der Waals surface area contributed by atoms with Gasteiger partial charge in [0.2, 0.25) is 10.0 Å². The fourth-order valence-electron chi connectivity index (χ4n) is 2.99. The van der Waals surface area contributed by atoms with E-state index < -0.39 is 10.0 Å². The maximum absolute atomic E-state index is 11.8. The van der Waals surface area contributed by atoms with E-state index in [-0.39, 0.29) is 18.8 Å². The quantitative estimate of drug-likeness (QED) is 0.654. The number of hydrogen-bond donors (Lipinski definition) is 2. The van der Waals surface area contributed by atoms with Crippen molar-refractivity contribution in [2.45, 2.75) is 6.54 Å². The van der Waals surface area contributed by atoms with Gasteiger partial charge in [0.15, 0.2) is 0 Å². The number of fused-ring (bicyclic) bond motifs is 1. The number of sulfonamides is 1. The Hall–Kier alpha value is -2.44. The number of aryl methyl sites for hydroxylation is 1. The molecule has 0 radical (unpaired) electrons. The van der Waals surface area contributed by atoms with Gasteiger partial charge in [-0.1, -0.05) is 11.6 Å². The lowest BCUT2D eigenvalue weighted by Gasteiger charge is -2.09. The van der Waals surface area contributed by atoms with Gasteiger partial charge >= 0.3 is 0 Å². The first-order valence-corrected chi connectivity index (χ1v) is 10.2. The largest absolute Gasteiger partial charge is 0.342 e. The Balaban J connectivity index is 2.03. The molecule has 0 saturated carbocycles. The van der Waals surface area contributed by atoms with Crippen LogP contribution in [0, 0.1) is 11.3 Å². The number of nitriles is 1. The molecule has 7 nitrogen and oxygen atoms in total. The van der Waals surface area contributed by atoms with Gasteiger partial charge < -0.3 is 10.3 Å². The van der Waals surface area contributed by atoms with Crippen molar-refractivity contribution in [1.82, 2.24) is 14.3 Å². The van der Waals surface area contributed by atoms with Crippen LogP contribution in [0.4, 0.5) is 0 Å². The highest BCUT2D eigenvalue weighted by Gasteiger charge is 2.18. The third-order valence-electron chi connectivity index (χ3n) is 4.23. The minimum atomic E-state index is -3.43. The lowest BCUT2D eigenvalue weighted by Crippen LogP contribution is -2.29. The Morgan fingerprint density at radius 3 is 2.81 bits per heavy atom. The number of nitrogens with one attached hydrogen (secondary N) is 1. The van der Waals surface area contributed by atoms with Gasteiger partial charge in [0.1, 0.15) is 6.07 Å². The zero-order valence-electron chi connectivity index (χ0n) is 14.6. The number of benzene rings is 1. The number of rotatable bonds is 6. The van der Waals surface area contributed by atoms with Crippen molar-refractivity contribution in [1.29, 1.82) is 5.26 Å². The molecule has 2 aromatic heterocycles. The Morgan fingerprint density at radius 2 is 2.11 bits per heavy atom. The molecule has 27 heavy (non-hydrogen) atoms. The molecule has 0 aliphatic rings. The van der Waals surface area contributed by atoms with Gasteiger partial charge in [-0.15, -0.1) is 0 Å². The standard InChI is InChI=1S/C18H18ClN5O2S/c1-24-17-7-14(19)2-3-15(17)16(8-21)18(24)13-6-12(9-22-11-13)10-23-27(25,26)5-4-20/h2-3,6-7,9,11,23H,4-5,10,20H2,1H3. The molecule has 2 heterocycles. The molecule has 0 saturated heterocycles. The van der Waals surface area contributed by atoms with E-state index in [0.717, 1.165) is 16.5 Å². The van der Waals surface area contributed by atoms with Gasteiger partial charge in [-0.3, -0.25) is 4.98 Å². The molecule has 0 spiro atoms. The minimum absolute atomic E-state index is 0.0532. The summed E-state index contributed by atoms with van der Waals surface area (Å²) in [5, 5.41) is 11.1. The highest BCUT2D eigenvalue weighted by atomic mass is 35.5. The lowest BCUT2D eigenvalue weighted by atomic mass is 10.1. The zero-order valence-corrected chi connectivity index (χ0v) is 16.2. The second-order valence-electron chi connectivity index (χ2n) is 6.07. The molecule has 0 aliphatic heterocycles. The Bertz CT molecular complexity index is 1150. The van der Waals surface area contributed by atoms with Crippen LogP contribution in [-0.4, -0.2) is 30.3 Å².